The van der Waals surface area contributed by atoms with Crippen LogP contribution in [0.15, 0.2) is 53.6 Å². The maximum absolute atomic E-state index is 15.6. The quantitative estimate of drug-likeness (QED) is 0.344. The third-order valence-electron chi connectivity index (χ3n) is 4.85. The van der Waals surface area contributed by atoms with E-state index in [9.17, 15) is 4.79 Å². The first-order valence-electron chi connectivity index (χ1n) is 9.30. The molecule has 0 bridgehead atoms. The van der Waals surface area contributed by atoms with E-state index in [1.165, 1.54) is 24.3 Å². The van der Waals surface area contributed by atoms with Crippen molar-refractivity contribution in [2.24, 2.45) is 10.8 Å². The van der Waals surface area contributed by atoms with Gasteiger partial charge in [0.1, 0.15) is 11.7 Å². The second-order valence-corrected chi connectivity index (χ2v) is 10.8. The van der Waals surface area contributed by atoms with Crippen molar-refractivity contribution in [3.63, 3.8) is 0 Å². The summed E-state index contributed by atoms with van der Waals surface area (Å²) in [5.74, 6) is -9.92. The van der Waals surface area contributed by atoms with E-state index in [2.05, 4.69) is 4.74 Å². The summed E-state index contributed by atoms with van der Waals surface area (Å²) in [6.45, 7) is 8.21. The van der Waals surface area contributed by atoms with Gasteiger partial charge in [-0.25, -0.2) is 17.6 Å². The average Bonchev–Trinajstić information content (AvgIpc) is 2.65. The van der Waals surface area contributed by atoms with Gasteiger partial charge in [-0.1, -0.05) is 51.1 Å². The highest BCUT2D eigenvalue weighted by Crippen LogP contribution is 2.58. The molecule has 0 radical (unpaired) electrons. The summed E-state index contributed by atoms with van der Waals surface area (Å²) in [7, 11) is -1.08. The number of carbonyl (C=O) groups is 1. The Bertz CT molecular complexity index is 802. The zero-order chi connectivity index (χ0) is 22.1. The number of ether oxygens (including phenoxy) is 1. The minimum absolute atomic E-state index is 0.0257. The molecule has 0 saturated heterocycles. The molecule has 1 aromatic carbocycles. The normalized spacial score (nSPS) is 24.2. The predicted octanol–water partition coefficient (Wildman–Crippen LogP) is 5.66. The van der Waals surface area contributed by atoms with Gasteiger partial charge in [0, 0.05) is 0 Å². The van der Waals surface area contributed by atoms with Gasteiger partial charge in [-0.3, -0.25) is 4.79 Å². The zero-order valence-corrected chi connectivity index (χ0v) is 18.5. The topological polar surface area (TPSA) is 35.5 Å². The summed E-state index contributed by atoms with van der Waals surface area (Å²) in [6, 6.07) is 7.32. The average molecular weight is 431 g/mol. The van der Waals surface area contributed by atoms with Crippen LogP contribution in [0.5, 0.6) is 0 Å². The van der Waals surface area contributed by atoms with Crippen LogP contribution in [0.25, 0.3) is 0 Å². The molecule has 0 spiro atoms. The summed E-state index contributed by atoms with van der Waals surface area (Å²) >= 11 is 0. The summed E-state index contributed by atoms with van der Waals surface area (Å²) in [5, 5.41) is 0. The molecule has 160 valence electrons. The number of methoxy groups -OCH3 is 1. The number of hydrogen-bond acceptors (Lipinski definition) is 3. The van der Waals surface area contributed by atoms with Crippen LogP contribution in [-0.4, -0.2) is 28.2 Å². The van der Waals surface area contributed by atoms with Gasteiger partial charge in [0.15, 0.2) is 20.7 Å². The van der Waals surface area contributed by atoms with Gasteiger partial charge in [-0.2, -0.15) is 0 Å². The molecule has 0 heterocycles. The zero-order valence-electron chi connectivity index (χ0n) is 17.4. The highest BCUT2D eigenvalue weighted by Gasteiger charge is 2.64. The molecule has 0 amide bonds. The van der Waals surface area contributed by atoms with Crippen molar-refractivity contribution >= 4 is 15.0 Å². The molecule has 0 saturated carbocycles. The molecule has 2 rings (SSSR count). The van der Waals surface area contributed by atoms with E-state index < -0.39 is 61.2 Å². The van der Waals surface area contributed by atoms with Gasteiger partial charge in [0.25, 0.3) is 0 Å². The molecule has 0 aliphatic heterocycles. The minimum atomic E-state index is -2.98. The number of benzene rings is 1. The molecule has 0 aromatic heterocycles. The van der Waals surface area contributed by atoms with Gasteiger partial charge < -0.3 is 9.16 Å². The molecule has 29 heavy (non-hydrogen) atoms. The van der Waals surface area contributed by atoms with Crippen LogP contribution in [0.3, 0.4) is 0 Å². The number of halogens is 4. The van der Waals surface area contributed by atoms with Crippen molar-refractivity contribution in [2.45, 2.75) is 45.9 Å². The van der Waals surface area contributed by atoms with Gasteiger partial charge in [-0.05, 0) is 24.1 Å². The van der Waals surface area contributed by atoms with Crippen LogP contribution in [0.4, 0.5) is 17.6 Å². The Morgan fingerprint density at radius 3 is 1.90 bits per heavy atom. The molecule has 0 N–H and O–H groups in total. The summed E-state index contributed by atoms with van der Waals surface area (Å²) in [5.41, 5.74) is -4.00. The highest BCUT2D eigenvalue weighted by atomic mass is 28.3. The smallest absolute Gasteiger partial charge is 0.328 e. The van der Waals surface area contributed by atoms with Crippen LogP contribution in [0.1, 0.15) is 32.3 Å². The van der Waals surface area contributed by atoms with Crippen molar-refractivity contribution in [1.29, 1.82) is 0 Å². The minimum Gasteiger partial charge on any atom is -0.468 e. The molecule has 1 unspecified atom stereocenters. The van der Waals surface area contributed by atoms with Crippen molar-refractivity contribution in [1.82, 2.24) is 0 Å². The van der Waals surface area contributed by atoms with E-state index in [0.29, 0.717) is 0 Å². The van der Waals surface area contributed by atoms with Crippen molar-refractivity contribution in [3.8, 4) is 0 Å². The van der Waals surface area contributed by atoms with Gasteiger partial charge in [0.05, 0.1) is 19.1 Å². The number of carbonyl (C=O) groups excluding carboxylic acids is 1. The molecule has 1 aromatic rings. The molecular weight excluding hydrogens is 404 g/mol. The fourth-order valence-corrected chi connectivity index (χ4v) is 4.84. The second kappa shape index (κ2) is 8.43. The van der Waals surface area contributed by atoms with E-state index in [0.717, 1.165) is 7.11 Å². The SMILES string of the molecule is COC(=O)C1(C(O[SiH](C)C)C(C)(C)C)C(F)=C(F)C(c2ccccc2)C(F)=C1F. The maximum atomic E-state index is 15.6. The third kappa shape index (κ3) is 3.92. The van der Waals surface area contributed by atoms with Gasteiger partial charge in [0.2, 0.25) is 5.41 Å². The molecule has 1 aliphatic carbocycles. The van der Waals surface area contributed by atoms with E-state index in [1.54, 1.807) is 39.9 Å². The monoisotopic (exact) mass is 430 g/mol. The Morgan fingerprint density at radius 2 is 1.52 bits per heavy atom. The Balaban J connectivity index is 2.85. The number of rotatable bonds is 5. The molecule has 1 atom stereocenters. The Kier molecular flexibility index (Phi) is 6.79. The second-order valence-electron chi connectivity index (χ2n) is 8.40. The Morgan fingerprint density at radius 1 is 1.03 bits per heavy atom. The summed E-state index contributed by atoms with van der Waals surface area (Å²) < 4.78 is 72.2. The fourth-order valence-electron chi connectivity index (χ4n) is 3.68. The Labute approximate surface area is 170 Å². The van der Waals surface area contributed by atoms with E-state index in [4.69, 9.17) is 4.43 Å². The van der Waals surface area contributed by atoms with Crippen molar-refractivity contribution in [3.05, 3.63) is 59.2 Å². The van der Waals surface area contributed by atoms with Crippen LogP contribution in [0, 0.1) is 10.8 Å². The lowest BCUT2D eigenvalue weighted by molar-refractivity contribution is -0.160. The summed E-state index contributed by atoms with van der Waals surface area (Å²) in [6.07, 6.45) is -1.51. The van der Waals surface area contributed by atoms with Crippen molar-refractivity contribution < 1.29 is 31.5 Å². The standard InChI is InChI=1S/C21H26F4O3Si/c1-20(2,3)18(28-29(5)6)21(19(26)27-4)16(24)14(22)13(15(23)17(21)25)12-10-8-7-9-11-12/h7-11,13,18,29H,1-6H3. The molecule has 8 heteroatoms. The lowest BCUT2D eigenvalue weighted by Crippen LogP contribution is -2.55. The molecular formula is C21H26F4O3Si. The number of hydrogen-bond donors (Lipinski definition) is 0. The van der Waals surface area contributed by atoms with E-state index >= 15 is 17.6 Å². The fraction of sp³-hybridized carbons (Fsp3) is 0.476. The van der Waals surface area contributed by atoms with E-state index in [1.807, 2.05) is 0 Å². The largest absolute Gasteiger partial charge is 0.468 e. The summed E-state index contributed by atoms with van der Waals surface area (Å²) in [4.78, 5) is 12.7. The Hall–Kier alpha value is -1.93. The van der Waals surface area contributed by atoms with Crippen molar-refractivity contribution in [2.75, 3.05) is 7.11 Å². The first kappa shape index (κ1) is 23.3. The molecule has 3 nitrogen and oxygen atoms in total. The third-order valence-corrected chi connectivity index (χ3v) is 5.66. The maximum Gasteiger partial charge on any atom is 0.328 e. The van der Waals surface area contributed by atoms with Crippen LogP contribution >= 0.6 is 0 Å². The highest BCUT2D eigenvalue weighted by molar-refractivity contribution is 6.48. The van der Waals surface area contributed by atoms with Crippen LogP contribution in [0.2, 0.25) is 13.1 Å². The van der Waals surface area contributed by atoms with Gasteiger partial charge >= 0.3 is 5.97 Å². The first-order chi connectivity index (χ1) is 13.4. The van der Waals surface area contributed by atoms with E-state index in [-0.39, 0.29) is 5.56 Å². The predicted molar refractivity (Wildman–Crippen MR) is 105 cm³/mol. The number of allylic oxidation sites excluding steroid dienone is 2. The van der Waals surface area contributed by atoms with Gasteiger partial charge in [-0.15, -0.1) is 0 Å². The van der Waals surface area contributed by atoms with Crippen LogP contribution in [-0.2, 0) is 14.0 Å². The molecule has 0 fully saturated rings. The number of esters is 1. The lowest BCUT2D eigenvalue weighted by atomic mass is 9.65. The first-order valence-corrected chi connectivity index (χ1v) is 12.1. The van der Waals surface area contributed by atoms with Crippen LogP contribution < -0.4 is 0 Å². The lowest BCUT2D eigenvalue weighted by Gasteiger charge is -2.45. The molecule has 1 aliphatic rings.